The molecule has 89 heavy (non-hydrogen) atoms. The second-order valence-corrected chi connectivity index (χ2v) is 21.2. The number of thioether (sulfide) groups is 1. The molecule has 0 unspecified atom stereocenters. The second kappa shape index (κ2) is 32.6. The molecule has 6 rings (SSSR count). The number of amides is 6. The van der Waals surface area contributed by atoms with Crippen molar-refractivity contribution in [2.75, 3.05) is 30.0 Å². The summed E-state index contributed by atoms with van der Waals surface area (Å²) < 4.78 is 31.7. The fourth-order valence-corrected chi connectivity index (χ4v) is 9.69. The van der Waals surface area contributed by atoms with Crippen LogP contribution in [0.15, 0.2) is 102 Å². The second-order valence-electron chi connectivity index (χ2n) is 20.2. The van der Waals surface area contributed by atoms with Crippen LogP contribution in [-0.4, -0.2) is 162 Å². The van der Waals surface area contributed by atoms with E-state index in [-0.39, 0.29) is 61.9 Å². The van der Waals surface area contributed by atoms with Gasteiger partial charge in [-0.25, -0.2) is 9.59 Å². The molecule has 2 heterocycles. The number of aliphatic carboxylic acids is 2. The third-order valence-corrected chi connectivity index (χ3v) is 14.4. The molecule has 0 radical (unpaired) electrons. The van der Waals surface area contributed by atoms with Crippen LogP contribution in [0, 0.1) is 20.2 Å². The first kappa shape index (κ1) is 69.7. The smallest absolute Gasteiger partial charge is 0.490 e. The number of anilines is 1. The van der Waals surface area contributed by atoms with Gasteiger partial charge in [-0.2, -0.15) is 24.9 Å². The molecule has 29 nitrogen and oxygen atoms in total. The Morgan fingerprint density at radius 1 is 0.753 bits per heavy atom. The Bertz CT molecular complexity index is 3380. The van der Waals surface area contributed by atoms with Gasteiger partial charge in [0.2, 0.25) is 29.5 Å². The van der Waals surface area contributed by atoms with E-state index < -0.39 is 129 Å². The van der Waals surface area contributed by atoms with Crippen LogP contribution in [0.3, 0.4) is 0 Å². The van der Waals surface area contributed by atoms with E-state index in [0.717, 1.165) is 18.6 Å². The van der Waals surface area contributed by atoms with Crippen molar-refractivity contribution in [1.82, 2.24) is 36.9 Å². The number of carbonyl (C=O) groups excluding carboxylic acids is 6. The van der Waals surface area contributed by atoms with Crippen molar-refractivity contribution >= 4 is 93.1 Å². The molecule has 33 heteroatoms. The average Bonchev–Trinajstić information content (AvgIpc) is 2.49. The number of aliphatic imine (C=N–C) groups is 1. The van der Waals surface area contributed by atoms with Crippen LogP contribution in [0.5, 0.6) is 11.5 Å². The first-order valence-electron chi connectivity index (χ1n) is 27.3. The number of para-hydroxylation sites is 1. The Morgan fingerprint density at radius 2 is 1.30 bits per heavy atom. The van der Waals surface area contributed by atoms with Gasteiger partial charge in [0.05, 0.1) is 22.0 Å². The van der Waals surface area contributed by atoms with Gasteiger partial charge in [-0.3, -0.25) is 58.9 Å². The molecule has 6 amide bonds. The molecule has 0 spiro atoms. The lowest BCUT2D eigenvalue weighted by Gasteiger charge is -2.33. The van der Waals surface area contributed by atoms with Gasteiger partial charge in [-0.05, 0) is 111 Å². The molecule has 5 aromatic rings. The van der Waals surface area contributed by atoms with Crippen molar-refractivity contribution in [3.05, 3.63) is 134 Å². The third-order valence-electron chi connectivity index (χ3n) is 13.7. The number of carbonyl (C=O) groups is 8. The number of non-ortho nitro benzene ring substituents is 1. The fraction of sp³-hybridized carbons (Fsp3) is 0.375. The van der Waals surface area contributed by atoms with Gasteiger partial charge in [-0.15, -0.1) is 0 Å². The predicted molar refractivity (Wildman–Crippen MR) is 317 cm³/mol. The number of nitrogens with zero attached hydrogens (tertiary/aromatic N) is 4. The number of nitrogens with two attached hydrogens (primary N) is 2. The van der Waals surface area contributed by atoms with Gasteiger partial charge < -0.3 is 68.8 Å². The molecule has 0 aliphatic carbocycles. The van der Waals surface area contributed by atoms with Crippen LogP contribution in [0.25, 0.3) is 10.9 Å². The lowest BCUT2D eigenvalue weighted by Crippen LogP contribution is -2.60. The number of benzene rings is 4. The Morgan fingerprint density at radius 3 is 1.83 bits per heavy atom. The summed E-state index contributed by atoms with van der Waals surface area (Å²) in [6.45, 7) is 1.84. The summed E-state index contributed by atoms with van der Waals surface area (Å²) in [5, 5.41) is 79.3. The summed E-state index contributed by atoms with van der Waals surface area (Å²) in [5.41, 5.74) is 10.7. The number of hydrogen-bond donors (Lipinski definition) is 13. The van der Waals surface area contributed by atoms with Crippen molar-refractivity contribution in [3.8, 4) is 11.5 Å². The van der Waals surface area contributed by atoms with E-state index in [4.69, 9.17) is 21.4 Å². The molecule has 1 fully saturated rings. The Hall–Kier alpha value is -10.0. The van der Waals surface area contributed by atoms with Crippen LogP contribution >= 0.6 is 11.8 Å². The van der Waals surface area contributed by atoms with E-state index in [2.05, 4.69) is 41.9 Å². The lowest BCUT2D eigenvalue weighted by atomic mass is 10.0. The molecule has 1 aliphatic heterocycles. The topological polar surface area (TPSA) is 459 Å². The van der Waals surface area contributed by atoms with E-state index in [0.29, 0.717) is 51.5 Å². The van der Waals surface area contributed by atoms with Gasteiger partial charge in [0.1, 0.15) is 53.4 Å². The lowest BCUT2D eigenvalue weighted by molar-refractivity contribution is -0.393. The number of hydrogen-bond acceptors (Lipinski definition) is 17. The van der Waals surface area contributed by atoms with E-state index >= 15 is 9.59 Å². The zero-order valence-corrected chi connectivity index (χ0v) is 48.5. The minimum atomic E-state index is -5.08. The maximum atomic E-state index is 15.2. The number of guanidine groups is 1. The summed E-state index contributed by atoms with van der Waals surface area (Å²) in [6, 6.07) is 11.2. The summed E-state index contributed by atoms with van der Waals surface area (Å²) in [5.74, 6) is -9.85. The number of H-pyrrole nitrogens is 1. The van der Waals surface area contributed by atoms with E-state index in [1.165, 1.54) is 55.1 Å². The number of phenolic OH excluding ortho intramolecular Hbond substituents is 2. The van der Waals surface area contributed by atoms with Crippen molar-refractivity contribution in [2.24, 2.45) is 16.5 Å². The molecule has 7 atom stereocenters. The van der Waals surface area contributed by atoms with E-state index in [1.54, 1.807) is 48.9 Å². The molecule has 0 bridgehead atoms. The number of phenols is 2. The number of aromatic nitrogens is 1. The minimum absolute atomic E-state index is 0.0195. The number of nitro benzene ring substituents is 2. The predicted octanol–water partition coefficient (Wildman–Crippen LogP) is 2.55. The highest BCUT2D eigenvalue weighted by molar-refractivity contribution is 7.98. The number of carboxylic acids is 2. The molecule has 1 aliphatic rings. The van der Waals surface area contributed by atoms with Crippen molar-refractivity contribution in [2.45, 2.75) is 107 Å². The Labute approximate surface area is 508 Å². The van der Waals surface area contributed by atoms with Crippen LogP contribution in [0.2, 0.25) is 0 Å². The summed E-state index contributed by atoms with van der Waals surface area (Å²) in [7, 11) is 0. The van der Waals surface area contributed by atoms with Gasteiger partial charge in [0.15, 0.2) is 5.96 Å². The molecule has 478 valence electrons. The van der Waals surface area contributed by atoms with Crippen LogP contribution < -0.4 is 48.3 Å². The monoisotopic (exact) mass is 1270 g/mol. The van der Waals surface area contributed by atoms with Crippen molar-refractivity contribution in [1.29, 1.82) is 0 Å². The number of aromatic amines is 1. The van der Waals surface area contributed by atoms with Crippen LogP contribution in [0.4, 0.5) is 30.2 Å². The quantitative estimate of drug-likeness (QED) is 0.0108. The summed E-state index contributed by atoms with van der Waals surface area (Å²) >= 11 is 1.24. The number of nitrogens with one attached hydrogen (secondary N) is 7. The Kier molecular flexibility index (Phi) is 25.6. The molecule has 4 aromatic carbocycles. The van der Waals surface area contributed by atoms with Gasteiger partial charge in [0, 0.05) is 49.0 Å². The van der Waals surface area contributed by atoms with Gasteiger partial charge in [-0.1, -0.05) is 42.5 Å². The first-order valence-corrected chi connectivity index (χ1v) is 28.7. The molecule has 1 saturated heterocycles. The number of rotatable bonds is 29. The normalized spacial score (nSPS) is 14.8. The highest BCUT2D eigenvalue weighted by atomic mass is 32.2. The van der Waals surface area contributed by atoms with E-state index in [1.807, 2.05) is 0 Å². The highest BCUT2D eigenvalue weighted by Crippen LogP contribution is 2.35. The molecular formula is C56H66F3N13O16S. The maximum Gasteiger partial charge on any atom is 0.490 e. The largest absolute Gasteiger partial charge is 0.508 e. The number of carboxylic acid groups (broad SMARTS) is 2. The van der Waals surface area contributed by atoms with Gasteiger partial charge >= 0.3 is 18.1 Å². The maximum absolute atomic E-state index is 15.2. The first-order chi connectivity index (χ1) is 42.1. The average molecular weight is 1270 g/mol. The summed E-state index contributed by atoms with van der Waals surface area (Å²) in [6.07, 6.45) is -1.74. The Balaban J connectivity index is 0.00000194. The zero-order valence-electron chi connectivity index (χ0n) is 47.7. The number of fused-ring (bicyclic) bond motifs is 1. The summed E-state index contributed by atoms with van der Waals surface area (Å²) in [4.78, 5) is 139. The van der Waals surface area contributed by atoms with Crippen LogP contribution in [-0.2, 0) is 57.6 Å². The van der Waals surface area contributed by atoms with Crippen LogP contribution in [0.1, 0.15) is 55.7 Å². The number of halogens is 3. The third kappa shape index (κ3) is 20.8. The van der Waals surface area contributed by atoms with E-state index in [9.17, 15) is 72.7 Å². The highest BCUT2D eigenvalue weighted by Gasteiger charge is 2.41. The number of alkyl halides is 3. The molecule has 15 N–H and O–H groups in total. The van der Waals surface area contributed by atoms with Crippen molar-refractivity contribution in [3.63, 3.8) is 0 Å². The molecule has 0 saturated carbocycles. The zero-order chi connectivity index (χ0) is 65.7. The molecule has 1 aromatic heterocycles. The minimum Gasteiger partial charge on any atom is -0.508 e. The van der Waals surface area contributed by atoms with Gasteiger partial charge in [0.25, 0.3) is 17.3 Å². The standard InChI is InChI=1S/C54H65N13O14S.C2HF3O2/c1-30(60-49(72)41(25-31-11-16-35(68)17-12-31)63-48(71)39-9-5-22-57-39)47(70)62-42(26-32-13-18-36(69)19-14-32)50(73)64-43(27-33-29-59-38-8-4-3-7-37(33)38)51(74)61-40(21-24-82-2)52(75)65(45(53(76)77)10-6-23-58-54(55)56)44-20-15-34(66(78)79)28-46(44)67(80)81;3-2(4,5)1(6)7/h3-4,7-8,11-20,28-30,39-43,45,57,59,68-69H,5-6,9-10,21-27H2,1-2H3,(H,60,72)(H,61,74)(H,62,70)(H,63,71)(H,64,73)(H,76,77)(H4,55,56,58);(H,6,7)/t30-,39-,40-,41-,42-,43-,45-;/m0./s1. The van der Waals surface area contributed by atoms with Crippen molar-refractivity contribution < 1.29 is 81.8 Å². The molecular weight excluding hydrogens is 1200 g/mol. The number of aromatic hydroxyl groups is 2. The SMILES string of the molecule is CSCC[C@H](NC(=O)[C@H](Cc1c[nH]c2ccccc12)NC(=O)[C@H](Cc1ccc(O)cc1)NC(=O)[C@H](C)NC(=O)[C@H](Cc1ccc(O)cc1)NC(=O)[C@@H]1CCCN1)C(=O)N(c1ccc([N+](=O)[O-])cc1[N+](=O)[O-])[C@@H](CCCN=C(N)N)C(=O)O.O=C(O)C(F)(F)F. The number of nitro groups is 2. The fourth-order valence-electron chi connectivity index (χ4n) is 9.22.